The predicted molar refractivity (Wildman–Crippen MR) is 118 cm³/mol. The highest BCUT2D eigenvalue weighted by atomic mass is 16.5. The third-order valence-corrected chi connectivity index (χ3v) is 6.18. The minimum Gasteiger partial charge on any atom is -0.492 e. The number of ether oxygens (including phenoxy) is 1. The van der Waals surface area contributed by atoms with Crippen LogP contribution in [0.25, 0.3) is 0 Å². The minimum absolute atomic E-state index is 0.732. The fourth-order valence-electron chi connectivity index (χ4n) is 4.45. The Morgan fingerprint density at radius 1 is 1.15 bits per heavy atom. The summed E-state index contributed by atoms with van der Waals surface area (Å²) in [4.78, 5) is 2.22. The van der Waals surface area contributed by atoms with Gasteiger partial charge < -0.3 is 4.74 Å². The van der Waals surface area contributed by atoms with E-state index in [4.69, 9.17) is 4.74 Å². The Hall–Kier alpha value is -1.28. The average molecular weight is 372 g/mol. The molecule has 0 amide bonds. The van der Waals surface area contributed by atoms with Gasteiger partial charge in [-0.2, -0.15) is 0 Å². The minimum atomic E-state index is 0.732. The fraction of sp³-hybridized carbons (Fsp3) is 0.680. The Balaban J connectivity index is 1.86. The van der Waals surface area contributed by atoms with Crippen LogP contribution in [0.3, 0.4) is 0 Å². The van der Waals surface area contributed by atoms with Crippen LogP contribution < -0.4 is 4.74 Å². The molecule has 2 nitrogen and oxygen atoms in total. The monoisotopic (exact) mass is 371 g/mol. The summed E-state index contributed by atoms with van der Waals surface area (Å²) in [5, 5.41) is 0. The molecule has 1 aliphatic rings. The molecule has 1 saturated carbocycles. The van der Waals surface area contributed by atoms with Gasteiger partial charge in [-0.3, -0.25) is 4.90 Å². The van der Waals surface area contributed by atoms with Gasteiger partial charge in [0.05, 0.1) is 0 Å². The van der Waals surface area contributed by atoms with Crippen LogP contribution in [-0.2, 0) is 6.42 Å². The van der Waals surface area contributed by atoms with E-state index in [1.807, 2.05) is 6.08 Å². The maximum absolute atomic E-state index is 6.00. The maximum atomic E-state index is 6.00. The first-order chi connectivity index (χ1) is 13.2. The topological polar surface area (TPSA) is 12.5 Å². The van der Waals surface area contributed by atoms with Gasteiger partial charge >= 0.3 is 0 Å². The normalized spacial score (nSPS) is 20.0. The molecule has 152 valence electrons. The molecule has 1 aromatic rings. The van der Waals surface area contributed by atoms with Crippen LogP contribution in [0, 0.1) is 5.92 Å². The molecule has 0 unspecified atom stereocenters. The Morgan fingerprint density at radius 2 is 1.93 bits per heavy atom. The van der Waals surface area contributed by atoms with Crippen molar-refractivity contribution in [3.63, 3.8) is 0 Å². The molecule has 0 aromatic heterocycles. The SMILES string of the molecule is C=CCN(C)CCOc1ccc(C2CCC(CCCCC)CC2)c(CC)c1. The Morgan fingerprint density at radius 3 is 2.59 bits per heavy atom. The van der Waals surface area contributed by atoms with E-state index < -0.39 is 0 Å². The van der Waals surface area contributed by atoms with Gasteiger partial charge in [-0.05, 0) is 74.2 Å². The highest BCUT2D eigenvalue weighted by Gasteiger charge is 2.23. The van der Waals surface area contributed by atoms with Gasteiger partial charge in [0.15, 0.2) is 0 Å². The lowest BCUT2D eigenvalue weighted by Gasteiger charge is -2.30. The molecule has 1 aromatic carbocycles. The van der Waals surface area contributed by atoms with E-state index in [9.17, 15) is 0 Å². The molecule has 0 spiro atoms. The van der Waals surface area contributed by atoms with E-state index in [2.05, 4.69) is 50.6 Å². The molecule has 0 radical (unpaired) electrons. The van der Waals surface area contributed by atoms with Crippen LogP contribution in [0.4, 0.5) is 0 Å². The summed E-state index contributed by atoms with van der Waals surface area (Å²) in [5.41, 5.74) is 3.07. The average Bonchev–Trinajstić information content (AvgIpc) is 2.69. The molecular formula is C25H41NO. The third kappa shape index (κ3) is 7.33. The highest BCUT2D eigenvalue weighted by Crippen LogP contribution is 2.39. The molecule has 1 fully saturated rings. The first kappa shape index (κ1) is 22.0. The Kier molecular flexibility index (Phi) is 9.97. The van der Waals surface area contributed by atoms with Crippen molar-refractivity contribution in [2.45, 2.75) is 77.6 Å². The first-order valence-corrected chi connectivity index (χ1v) is 11.2. The molecule has 27 heavy (non-hydrogen) atoms. The van der Waals surface area contributed by atoms with Crippen molar-refractivity contribution < 1.29 is 4.74 Å². The summed E-state index contributed by atoms with van der Waals surface area (Å²) in [7, 11) is 2.10. The lowest BCUT2D eigenvalue weighted by Crippen LogP contribution is -2.24. The van der Waals surface area contributed by atoms with Crippen molar-refractivity contribution in [3.8, 4) is 5.75 Å². The van der Waals surface area contributed by atoms with E-state index in [1.165, 1.54) is 56.9 Å². The van der Waals surface area contributed by atoms with Crippen molar-refractivity contribution in [3.05, 3.63) is 42.0 Å². The van der Waals surface area contributed by atoms with Crippen LogP contribution >= 0.6 is 0 Å². The molecule has 1 aliphatic carbocycles. The van der Waals surface area contributed by atoms with E-state index in [0.717, 1.165) is 43.7 Å². The molecule has 0 saturated heterocycles. The van der Waals surface area contributed by atoms with Crippen LogP contribution in [0.5, 0.6) is 5.75 Å². The zero-order valence-electron chi connectivity index (χ0n) is 18.0. The summed E-state index contributed by atoms with van der Waals surface area (Å²) in [6.07, 6.45) is 14.2. The van der Waals surface area contributed by atoms with Crippen LogP contribution in [0.1, 0.15) is 82.3 Å². The molecule has 2 heteroatoms. The standard InChI is InChI=1S/C25H41NO/c1-5-8-9-10-21-11-13-23(14-12-21)25-16-15-24(20-22(25)7-3)27-19-18-26(4)17-6-2/h6,15-16,20-21,23H,2,5,7-14,17-19H2,1,3-4H3. The van der Waals surface area contributed by atoms with Crippen LogP contribution in [0.15, 0.2) is 30.9 Å². The summed E-state index contributed by atoms with van der Waals surface area (Å²) in [5.74, 6) is 2.76. The summed E-state index contributed by atoms with van der Waals surface area (Å²) < 4.78 is 6.00. The van der Waals surface area contributed by atoms with Crippen LogP contribution in [0.2, 0.25) is 0 Å². The van der Waals surface area contributed by atoms with E-state index in [1.54, 1.807) is 5.56 Å². The van der Waals surface area contributed by atoms with Crippen molar-refractivity contribution in [1.29, 1.82) is 0 Å². The van der Waals surface area contributed by atoms with E-state index in [0.29, 0.717) is 0 Å². The lowest BCUT2D eigenvalue weighted by atomic mass is 9.75. The maximum Gasteiger partial charge on any atom is 0.119 e. The third-order valence-electron chi connectivity index (χ3n) is 6.18. The van der Waals surface area contributed by atoms with Gasteiger partial charge in [-0.1, -0.05) is 51.7 Å². The molecule has 0 N–H and O–H groups in total. The molecule has 0 atom stereocenters. The second kappa shape index (κ2) is 12.2. The molecule has 0 heterocycles. The highest BCUT2D eigenvalue weighted by molar-refractivity contribution is 5.38. The van der Waals surface area contributed by atoms with Gasteiger partial charge in [0, 0.05) is 13.1 Å². The summed E-state index contributed by atoms with van der Waals surface area (Å²) in [6.45, 7) is 10.9. The second-order valence-electron chi connectivity index (χ2n) is 8.33. The fourth-order valence-corrected chi connectivity index (χ4v) is 4.45. The van der Waals surface area contributed by atoms with Gasteiger partial charge in [-0.25, -0.2) is 0 Å². The molecule has 0 aliphatic heterocycles. The number of unbranched alkanes of at least 4 members (excludes halogenated alkanes) is 2. The lowest BCUT2D eigenvalue weighted by molar-refractivity contribution is 0.249. The Bertz CT molecular complexity index is 545. The second-order valence-corrected chi connectivity index (χ2v) is 8.33. The number of likely N-dealkylation sites (N-methyl/N-ethyl adjacent to an activating group) is 1. The molecule has 0 bridgehead atoms. The quantitative estimate of drug-likeness (QED) is 0.303. The largest absolute Gasteiger partial charge is 0.492 e. The van der Waals surface area contributed by atoms with Gasteiger partial charge in [0.25, 0.3) is 0 Å². The number of rotatable bonds is 12. The van der Waals surface area contributed by atoms with Crippen LogP contribution in [-0.4, -0.2) is 31.6 Å². The number of hydrogen-bond acceptors (Lipinski definition) is 2. The molecule has 2 rings (SSSR count). The van der Waals surface area contributed by atoms with Crippen molar-refractivity contribution in [2.24, 2.45) is 5.92 Å². The number of hydrogen-bond donors (Lipinski definition) is 0. The summed E-state index contributed by atoms with van der Waals surface area (Å²) in [6, 6.07) is 6.83. The van der Waals surface area contributed by atoms with E-state index in [-0.39, 0.29) is 0 Å². The number of aryl methyl sites for hydroxylation is 1. The van der Waals surface area contributed by atoms with Crippen molar-refractivity contribution in [1.82, 2.24) is 4.90 Å². The zero-order chi connectivity index (χ0) is 19.5. The smallest absolute Gasteiger partial charge is 0.119 e. The number of benzene rings is 1. The zero-order valence-corrected chi connectivity index (χ0v) is 18.0. The van der Waals surface area contributed by atoms with E-state index >= 15 is 0 Å². The molecular weight excluding hydrogens is 330 g/mol. The predicted octanol–water partition coefficient (Wildman–Crippen LogP) is 6.60. The van der Waals surface area contributed by atoms with Crippen molar-refractivity contribution in [2.75, 3.05) is 26.7 Å². The first-order valence-electron chi connectivity index (χ1n) is 11.2. The van der Waals surface area contributed by atoms with Gasteiger partial charge in [0.2, 0.25) is 0 Å². The number of nitrogens with zero attached hydrogens (tertiary/aromatic N) is 1. The van der Waals surface area contributed by atoms with Gasteiger partial charge in [-0.15, -0.1) is 6.58 Å². The Labute approximate surface area is 168 Å². The van der Waals surface area contributed by atoms with Crippen molar-refractivity contribution >= 4 is 0 Å². The summed E-state index contributed by atoms with van der Waals surface area (Å²) >= 11 is 0. The van der Waals surface area contributed by atoms with Gasteiger partial charge in [0.1, 0.15) is 12.4 Å².